The summed E-state index contributed by atoms with van der Waals surface area (Å²) < 4.78 is 0. The molecular weight excluding hydrogens is 470 g/mol. The lowest BCUT2D eigenvalue weighted by Gasteiger charge is -2.27. The summed E-state index contributed by atoms with van der Waals surface area (Å²) in [5, 5.41) is 36.8. The Hall–Kier alpha value is -3.48. The minimum atomic E-state index is -1.57. The number of aliphatic hydroxyl groups is 2. The lowest BCUT2D eigenvalue weighted by atomic mass is 9.99. The summed E-state index contributed by atoms with van der Waals surface area (Å²) in [7, 11) is 0. The van der Waals surface area contributed by atoms with Crippen molar-refractivity contribution in [3.8, 4) is 0 Å². The van der Waals surface area contributed by atoms with Crippen molar-refractivity contribution in [2.75, 3.05) is 0 Å². The van der Waals surface area contributed by atoms with Gasteiger partial charge in [-0.1, -0.05) is 32.0 Å². The first-order valence-electron chi connectivity index (χ1n) is 11.6. The summed E-state index contributed by atoms with van der Waals surface area (Å²) in [5.41, 5.74) is 7.29. The van der Waals surface area contributed by atoms with E-state index in [0.717, 1.165) is 16.5 Å². The number of aromatic amines is 1. The number of fused-ring (bicyclic) bond motifs is 1. The molecule has 0 bridgehead atoms. The maximum Gasteiger partial charge on any atom is 0.328 e. The Morgan fingerprint density at radius 2 is 1.50 bits per heavy atom. The first kappa shape index (κ1) is 28.8. The molecule has 0 aliphatic heterocycles. The second kappa shape index (κ2) is 12.5. The highest BCUT2D eigenvalue weighted by Gasteiger charge is 2.34. The normalized spacial score (nSPS) is 16.4. The zero-order valence-electron chi connectivity index (χ0n) is 20.7. The van der Waals surface area contributed by atoms with E-state index in [9.17, 15) is 34.5 Å². The Bertz CT molecular complexity index is 1080. The number of nitrogens with two attached hydrogens (primary N) is 1. The van der Waals surface area contributed by atoms with Crippen molar-refractivity contribution in [1.82, 2.24) is 20.9 Å². The minimum absolute atomic E-state index is 0.0476. The number of amides is 3. The molecule has 12 heteroatoms. The van der Waals surface area contributed by atoms with Crippen LogP contribution in [0, 0.1) is 5.92 Å². The molecule has 1 aromatic heterocycles. The number of para-hydroxylation sites is 1. The largest absolute Gasteiger partial charge is 0.480 e. The van der Waals surface area contributed by atoms with Crippen molar-refractivity contribution < 1.29 is 34.5 Å². The summed E-state index contributed by atoms with van der Waals surface area (Å²) in [4.78, 5) is 53.2. The van der Waals surface area contributed by atoms with Crippen LogP contribution in [0.1, 0.15) is 33.3 Å². The molecule has 36 heavy (non-hydrogen) atoms. The average molecular weight is 506 g/mol. The Balaban J connectivity index is 2.30. The first-order valence-corrected chi connectivity index (χ1v) is 11.6. The third-order valence-corrected chi connectivity index (χ3v) is 5.85. The Morgan fingerprint density at radius 1 is 0.889 bits per heavy atom. The molecule has 198 valence electrons. The molecule has 0 fully saturated rings. The summed E-state index contributed by atoms with van der Waals surface area (Å²) in [5.74, 6) is -4.14. The van der Waals surface area contributed by atoms with Gasteiger partial charge in [0.2, 0.25) is 17.7 Å². The number of H-pyrrole nitrogens is 1. The predicted molar refractivity (Wildman–Crippen MR) is 132 cm³/mol. The van der Waals surface area contributed by atoms with E-state index >= 15 is 0 Å². The fraction of sp³-hybridized carbons (Fsp3) is 0.500. The number of aliphatic carboxylic acids is 1. The van der Waals surface area contributed by atoms with E-state index in [1.165, 1.54) is 13.8 Å². The number of rotatable bonds is 12. The molecule has 0 saturated heterocycles. The quantitative estimate of drug-likeness (QED) is 0.179. The van der Waals surface area contributed by atoms with Gasteiger partial charge in [-0.25, -0.2) is 4.79 Å². The highest BCUT2D eigenvalue weighted by molar-refractivity contribution is 5.95. The highest BCUT2D eigenvalue weighted by atomic mass is 16.4. The number of benzene rings is 1. The van der Waals surface area contributed by atoms with Crippen LogP contribution in [0.2, 0.25) is 0 Å². The van der Waals surface area contributed by atoms with Gasteiger partial charge in [0.25, 0.3) is 0 Å². The van der Waals surface area contributed by atoms with Crippen LogP contribution in [0.15, 0.2) is 30.5 Å². The van der Waals surface area contributed by atoms with Crippen molar-refractivity contribution >= 4 is 34.6 Å². The van der Waals surface area contributed by atoms with E-state index in [4.69, 9.17) is 5.73 Å². The molecule has 2 rings (SSSR count). The van der Waals surface area contributed by atoms with E-state index in [1.54, 1.807) is 20.0 Å². The smallest absolute Gasteiger partial charge is 0.328 e. The van der Waals surface area contributed by atoms with Crippen molar-refractivity contribution in [3.05, 3.63) is 36.0 Å². The highest BCUT2D eigenvalue weighted by Crippen LogP contribution is 2.19. The summed E-state index contributed by atoms with van der Waals surface area (Å²) >= 11 is 0. The van der Waals surface area contributed by atoms with Crippen LogP contribution in [-0.4, -0.2) is 80.4 Å². The third-order valence-electron chi connectivity index (χ3n) is 5.85. The molecule has 0 saturated carbocycles. The first-order chi connectivity index (χ1) is 16.8. The van der Waals surface area contributed by atoms with Gasteiger partial charge in [-0.05, 0) is 31.4 Å². The van der Waals surface area contributed by atoms with E-state index in [2.05, 4.69) is 20.9 Å². The van der Waals surface area contributed by atoms with Crippen LogP contribution in [0.4, 0.5) is 0 Å². The lowest BCUT2D eigenvalue weighted by molar-refractivity contribution is -0.145. The molecule has 1 heterocycles. The fourth-order valence-corrected chi connectivity index (χ4v) is 3.64. The van der Waals surface area contributed by atoms with Crippen LogP contribution in [0.5, 0.6) is 0 Å². The molecule has 0 aliphatic carbocycles. The zero-order valence-corrected chi connectivity index (χ0v) is 20.7. The summed E-state index contributed by atoms with van der Waals surface area (Å²) in [6.07, 6.45) is -0.778. The number of carboxylic acid groups (broad SMARTS) is 1. The van der Waals surface area contributed by atoms with Gasteiger partial charge in [0, 0.05) is 23.5 Å². The van der Waals surface area contributed by atoms with Crippen molar-refractivity contribution in [1.29, 1.82) is 0 Å². The van der Waals surface area contributed by atoms with Crippen LogP contribution in [0.3, 0.4) is 0 Å². The molecule has 0 radical (unpaired) electrons. The van der Waals surface area contributed by atoms with E-state index in [1.807, 2.05) is 24.3 Å². The van der Waals surface area contributed by atoms with Gasteiger partial charge in [0.15, 0.2) is 6.04 Å². The van der Waals surface area contributed by atoms with Gasteiger partial charge >= 0.3 is 5.97 Å². The molecule has 0 aliphatic rings. The maximum absolute atomic E-state index is 13.3. The molecule has 2 aromatic rings. The number of carboxylic acids is 1. The molecule has 9 N–H and O–H groups in total. The van der Waals surface area contributed by atoms with Crippen molar-refractivity contribution in [2.45, 2.75) is 70.5 Å². The molecule has 3 amide bonds. The maximum atomic E-state index is 13.3. The molecule has 0 spiro atoms. The number of aliphatic hydroxyl groups excluding tert-OH is 2. The fourth-order valence-electron chi connectivity index (χ4n) is 3.64. The second-order valence-corrected chi connectivity index (χ2v) is 9.19. The average Bonchev–Trinajstić information content (AvgIpc) is 3.21. The van der Waals surface area contributed by atoms with Gasteiger partial charge < -0.3 is 42.0 Å². The van der Waals surface area contributed by atoms with Crippen LogP contribution >= 0.6 is 0 Å². The van der Waals surface area contributed by atoms with Crippen molar-refractivity contribution in [3.63, 3.8) is 0 Å². The molecule has 12 nitrogen and oxygen atoms in total. The molecular formula is C24H35N5O7. The van der Waals surface area contributed by atoms with Gasteiger partial charge in [-0.2, -0.15) is 0 Å². The summed E-state index contributed by atoms with van der Waals surface area (Å²) in [6.45, 7) is 5.87. The van der Waals surface area contributed by atoms with Crippen LogP contribution < -0.4 is 21.7 Å². The SMILES string of the molecule is CC(C)C(NC(=O)C(Cc1c[nH]c2ccccc12)NC(=O)C(N)C(C)O)C(=O)NC(C(=O)O)C(C)O. The number of aromatic nitrogens is 1. The number of carbonyl (C=O) groups is 4. The second-order valence-electron chi connectivity index (χ2n) is 9.19. The third kappa shape index (κ3) is 7.26. The van der Waals surface area contributed by atoms with Gasteiger partial charge in [0.1, 0.15) is 18.1 Å². The standard InChI is InChI=1S/C24H35N5O7/c1-11(2)19(23(34)29-20(13(4)31)24(35)36)28-21(32)17(27-22(33)18(25)12(3)30)9-14-10-26-16-8-6-5-7-15(14)16/h5-8,10-13,17-20,26,30-31H,9,25H2,1-4H3,(H,27,33)(H,28,32)(H,29,34)(H,35,36). The molecule has 6 atom stereocenters. The minimum Gasteiger partial charge on any atom is -0.480 e. The topological polar surface area (TPSA) is 207 Å². The summed E-state index contributed by atoms with van der Waals surface area (Å²) in [6, 6.07) is 2.21. The number of hydrogen-bond donors (Lipinski definition) is 8. The van der Waals surface area contributed by atoms with Crippen LogP contribution in [0.25, 0.3) is 10.9 Å². The number of nitrogens with one attached hydrogen (secondary N) is 4. The van der Waals surface area contributed by atoms with Gasteiger partial charge in [-0.15, -0.1) is 0 Å². The Morgan fingerprint density at radius 3 is 2.06 bits per heavy atom. The van der Waals surface area contributed by atoms with E-state index in [-0.39, 0.29) is 6.42 Å². The van der Waals surface area contributed by atoms with Gasteiger partial charge in [0.05, 0.1) is 12.2 Å². The van der Waals surface area contributed by atoms with Gasteiger partial charge in [-0.3, -0.25) is 14.4 Å². The Kier molecular flexibility index (Phi) is 9.96. The van der Waals surface area contributed by atoms with Crippen molar-refractivity contribution in [2.24, 2.45) is 11.7 Å². The number of hydrogen-bond acceptors (Lipinski definition) is 7. The molecule has 1 aromatic carbocycles. The van der Waals surface area contributed by atoms with Crippen LogP contribution in [-0.2, 0) is 25.6 Å². The Labute approximate surface area is 208 Å². The monoisotopic (exact) mass is 505 g/mol. The number of carbonyl (C=O) groups excluding carboxylic acids is 3. The zero-order chi connectivity index (χ0) is 27.2. The van der Waals surface area contributed by atoms with E-state index in [0.29, 0.717) is 0 Å². The predicted octanol–water partition coefficient (Wildman–Crippen LogP) is -1.01. The molecule has 6 unspecified atom stereocenters. The lowest BCUT2D eigenvalue weighted by Crippen LogP contribution is -2.60. The van der Waals surface area contributed by atoms with E-state index < -0.39 is 66.0 Å².